The van der Waals surface area contributed by atoms with Gasteiger partial charge in [0, 0.05) is 33.7 Å². The molecule has 132 valence electrons. The molecule has 2 heterocycles. The molecule has 0 radical (unpaired) electrons. The van der Waals surface area contributed by atoms with Crippen LogP contribution in [0.15, 0.2) is 51.9 Å². The standard InChI is InChI=1S/C20H16BrClN2O2/c1-11-6-13-7-14(21)8-16-18(13)24(11)10-17(19(16)25)20(26)23-9-12-2-4-15(22)5-3-12/h2-5,7-8,10-11H,6,9H2,1H3,(H,23,26)/t11-/m1/s1. The van der Waals surface area contributed by atoms with E-state index < -0.39 is 0 Å². The smallest absolute Gasteiger partial charge is 0.257 e. The van der Waals surface area contributed by atoms with Crippen molar-refractivity contribution >= 4 is 44.3 Å². The van der Waals surface area contributed by atoms with Gasteiger partial charge in [-0.2, -0.15) is 0 Å². The molecule has 2 aromatic carbocycles. The number of aromatic nitrogens is 1. The van der Waals surface area contributed by atoms with Gasteiger partial charge in [-0.1, -0.05) is 39.7 Å². The molecule has 3 aromatic rings. The van der Waals surface area contributed by atoms with Gasteiger partial charge in [0.25, 0.3) is 5.91 Å². The quantitative estimate of drug-likeness (QED) is 0.665. The Hall–Kier alpha value is -2.11. The first-order chi connectivity index (χ1) is 12.4. The van der Waals surface area contributed by atoms with E-state index in [-0.39, 0.29) is 22.9 Å². The predicted octanol–water partition coefficient (Wildman–Crippen LogP) is 4.46. The van der Waals surface area contributed by atoms with Crippen molar-refractivity contribution in [3.63, 3.8) is 0 Å². The largest absolute Gasteiger partial charge is 0.348 e. The second-order valence-corrected chi connectivity index (χ2v) is 7.95. The third kappa shape index (κ3) is 2.95. The number of benzene rings is 2. The van der Waals surface area contributed by atoms with Crippen molar-refractivity contribution < 1.29 is 4.79 Å². The third-order valence-electron chi connectivity index (χ3n) is 4.77. The summed E-state index contributed by atoms with van der Waals surface area (Å²) in [5.41, 5.74) is 2.92. The first-order valence-electron chi connectivity index (χ1n) is 8.34. The van der Waals surface area contributed by atoms with Crippen molar-refractivity contribution in [2.45, 2.75) is 25.9 Å². The van der Waals surface area contributed by atoms with Gasteiger partial charge in [-0.25, -0.2) is 0 Å². The number of halogens is 2. The number of pyridine rings is 1. The van der Waals surface area contributed by atoms with Crippen LogP contribution >= 0.6 is 27.5 Å². The van der Waals surface area contributed by atoms with E-state index in [1.54, 1.807) is 24.4 Å². The van der Waals surface area contributed by atoms with Crippen LogP contribution in [0.1, 0.15) is 34.5 Å². The van der Waals surface area contributed by atoms with Crippen molar-refractivity contribution in [1.29, 1.82) is 0 Å². The maximum atomic E-state index is 12.9. The number of hydrogen-bond acceptors (Lipinski definition) is 2. The van der Waals surface area contributed by atoms with Crippen LogP contribution in [0.3, 0.4) is 0 Å². The Bertz CT molecular complexity index is 1090. The first-order valence-corrected chi connectivity index (χ1v) is 9.51. The van der Waals surface area contributed by atoms with E-state index in [0.717, 1.165) is 27.5 Å². The fourth-order valence-corrected chi connectivity index (χ4v) is 4.13. The van der Waals surface area contributed by atoms with Crippen LogP contribution in [0.4, 0.5) is 0 Å². The van der Waals surface area contributed by atoms with Crippen LogP contribution in [0, 0.1) is 0 Å². The van der Waals surface area contributed by atoms with Crippen molar-refractivity contribution in [2.75, 3.05) is 0 Å². The zero-order valence-electron chi connectivity index (χ0n) is 14.1. The third-order valence-corrected chi connectivity index (χ3v) is 5.48. The molecule has 1 atom stereocenters. The lowest BCUT2D eigenvalue weighted by Crippen LogP contribution is -2.29. The van der Waals surface area contributed by atoms with Gasteiger partial charge in [0.2, 0.25) is 5.43 Å². The zero-order chi connectivity index (χ0) is 18.4. The molecule has 1 aliphatic rings. The topological polar surface area (TPSA) is 51.1 Å². The molecule has 0 spiro atoms. The molecule has 1 aromatic heterocycles. The van der Waals surface area contributed by atoms with Gasteiger partial charge in [-0.3, -0.25) is 9.59 Å². The molecule has 1 N–H and O–H groups in total. The van der Waals surface area contributed by atoms with Crippen molar-refractivity contribution in [3.05, 3.63) is 79.0 Å². The molecule has 4 rings (SSSR count). The molecular weight excluding hydrogens is 416 g/mol. The Morgan fingerprint density at radius 3 is 2.77 bits per heavy atom. The number of carbonyl (C=O) groups excluding carboxylic acids is 1. The summed E-state index contributed by atoms with van der Waals surface area (Å²) in [5, 5.41) is 4.06. The first kappa shape index (κ1) is 17.3. The Morgan fingerprint density at radius 1 is 1.31 bits per heavy atom. The molecule has 1 amide bonds. The summed E-state index contributed by atoms with van der Waals surface area (Å²) in [5.74, 6) is -0.365. The average Bonchev–Trinajstić information content (AvgIpc) is 2.92. The number of amides is 1. The molecule has 1 aliphatic heterocycles. The molecule has 0 unspecified atom stereocenters. The normalized spacial score (nSPS) is 15.4. The summed E-state index contributed by atoms with van der Waals surface area (Å²) in [6.07, 6.45) is 2.54. The minimum Gasteiger partial charge on any atom is -0.348 e. The molecule has 0 saturated heterocycles. The molecule has 0 saturated carbocycles. The van der Waals surface area contributed by atoms with E-state index in [4.69, 9.17) is 11.6 Å². The van der Waals surface area contributed by atoms with Gasteiger partial charge in [0.05, 0.1) is 5.52 Å². The molecule has 4 nitrogen and oxygen atoms in total. The van der Waals surface area contributed by atoms with E-state index in [9.17, 15) is 9.59 Å². The highest BCUT2D eigenvalue weighted by molar-refractivity contribution is 9.10. The van der Waals surface area contributed by atoms with Gasteiger partial charge in [-0.15, -0.1) is 0 Å². The van der Waals surface area contributed by atoms with Crippen molar-refractivity contribution in [3.8, 4) is 0 Å². The maximum Gasteiger partial charge on any atom is 0.257 e. The Balaban J connectivity index is 1.71. The lowest BCUT2D eigenvalue weighted by atomic mass is 10.1. The molecule has 0 aliphatic carbocycles. The van der Waals surface area contributed by atoms with Gasteiger partial charge in [0.15, 0.2) is 0 Å². The monoisotopic (exact) mass is 430 g/mol. The fraction of sp³-hybridized carbons (Fsp3) is 0.200. The van der Waals surface area contributed by atoms with Gasteiger partial charge in [0.1, 0.15) is 5.56 Å². The van der Waals surface area contributed by atoms with E-state index >= 15 is 0 Å². The summed E-state index contributed by atoms with van der Waals surface area (Å²) in [6.45, 7) is 2.43. The Morgan fingerprint density at radius 2 is 2.04 bits per heavy atom. The molecule has 26 heavy (non-hydrogen) atoms. The van der Waals surface area contributed by atoms with Gasteiger partial charge in [-0.05, 0) is 48.7 Å². The summed E-state index contributed by atoms with van der Waals surface area (Å²) in [6, 6.07) is 11.3. The minimum absolute atomic E-state index is 0.171. The summed E-state index contributed by atoms with van der Waals surface area (Å²) < 4.78 is 2.90. The second-order valence-electron chi connectivity index (χ2n) is 6.60. The molecular formula is C20H16BrClN2O2. The number of hydrogen-bond donors (Lipinski definition) is 1. The Labute approximate surface area is 163 Å². The number of nitrogens with zero attached hydrogens (tertiary/aromatic N) is 1. The number of nitrogens with one attached hydrogen (secondary N) is 1. The van der Waals surface area contributed by atoms with Crippen molar-refractivity contribution in [2.24, 2.45) is 0 Å². The molecule has 0 fully saturated rings. The summed E-state index contributed by atoms with van der Waals surface area (Å²) >= 11 is 9.35. The average molecular weight is 432 g/mol. The highest BCUT2D eigenvalue weighted by Crippen LogP contribution is 2.33. The van der Waals surface area contributed by atoms with Crippen LogP contribution < -0.4 is 10.7 Å². The van der Waals surface area contributed by atoms with Crippen molar-refractivity contribution in [1.82, 2.24) is 9.88 Å². The minimum atomic E-state index is -0.365. The van der Waals surface area contributed by atoms with Crippen LogP contribution in [0.25, 0.3) is 10.9 Å². The van der Waals surface area contributed by atoms with E-state index in [2.05, 4.69) is 28.2 Å². The lowest BCUT2D eigenvalue weighted by molar-refractivity contribution is 0.0949. The summed E-state index contributed by atoms with van der Waals surface area (Å²) in [7, 11) is 0. The van der Waals surface area contributed by atoms with E-state index in [1.807, 2.05) is 22.8 Å². The van der Waals surface area contributed by atoms with Gasteiger partial charge >= 0.3 is 0 Å². The number of rotatable bonds is 3. The highest BCUT2D eigenvalue weighted by Gasteiger charge is 2.25. The van der Waals surface area contributed by atoms with Gasteiger partial charge < -0.3 is 9.88 Å². The molecule has 0 bridgehead atoms. The van der Waals surface area contributed by atoms with Crippen LogP contribution in [-0.4, -0.2) is 10.5 Å². The van der Waals surface area contributed by atoms with Crippen LogP contribution in [0.2, 0.25) is 5.02 Å². The second kappa shape index (κ2) is 6.56. The van der Waals surface area contributed by atoms with Crippen LogP contribution in [0.5, 0.6) is 0 Å². The predicted molar refractivity (Wildman–Crippen MR) is 107 cm³/mol. The zero-order valence-corrected chi connectivity index (χ0v) is 16.4. The summed E-state index contributed by atoms with van der Waals surface area (Å²) in [4.78, 5) is 25.6. The van der Waals surface area contributed by atoms with E-state index in [1.165, 1.54) is 0 Å². The Kier molecular flexibility index (Phi) is 4.37. The highest BCUT2D eigenvalue weighted by atomic mass is 79.9. The SMILES string of the molecule is C[C@@H]1Cc2cc(Br)cc3c(=O)c(C(=O)NCc4ccc(Cl)cc4)cn1c23. The van der Waals surface area contributed by atoms with Crippen LogP contribution in [-0.2, 0) is 13.0 Å². The molecule has 6 heteroatoms. The lowest BCUT2D eigenvalue weighted by Gasteiger charge is -2.13. The maximum absolute atomic E-state index is 12.9. The number of carbonyl (C=O) groups is 1. The fourth-order valence-electron chi connectivity index (χ4n) is 3.50. The van der Waals surface area contributed by atoms with E-state index in [0.29, 0.717) is 17.0 Å².